The molecule has 5 heteroatoms. The molecule has 1 aliphatic rings. The summed E-state index contributed by atoms with van der Waals surface area (Å²) in [6, 6.07) is 10.4. The average molecular weight is 322 g/mol. The first kappa shape index (κ1) is 17.2. The van der Waals surface area contributed by atoms with Crippen LogP contribution in [0.15, 0.2) is 35.2 Å². The van der Waals surface area contributed by atoms with Gasteiger partial charge in [0.1, 0.15) is 0 Å². The molecule has 0 bridgehead atoms. The Labute approximate surface area is 137 Å². The molecule has 4 nitrogen and oxygen atoms in total. The number of carbonyl (C=O) groups is 1. The average Bonchev–Trinajstić information content (AvgIpc) is 2.55. The van der Waals surface area contributed by atoms with E-state index >= 15 is 0 Å². The van der Waals surface area contributed by atoms with Gasteiger partial charge in [0.2, 0.25) is 0 Å². The highest BCUT2D eigenvalue weighted by molar-refractivity contribution is 7.99. The van der Waals surface area contributed by atoms with Gasteiger partial charge in [-0.3, -0.25) is 0 Å². The van der Waals surface area contributed by atoms with Crippen molar-refractivity contribution in [1.82, 2.24) is 10.2 Å². The largest absolute Gasteiger partial charge is 0.393 e. The summed E-state index contributed by atoms with van der Waals surface area (Å²) < 4.78 is 0. The van der Waals surface area contributed by atoms with Gasteiger partial charge in [0.05, 0.1) is 6.10 Å². The lowest BCUT2D eigenvalue weighted by molar-refractivity contribution is 0.0799. The molecule has 1 heterocycles. The monoisotopic (exact) mass is 322 g/mol. The van der Waals surface area contributed by atoms with Crippen LogP contribution in [-0.2, 0) is 0 Å². The maximum atomic E-state index is 12.1. The first-order valence-corrected chi connectivity index (χ1v) is 9.04. The Morgan fingerprint density at radius 2 is 2.05 bits per heavy atom. The van der Waals surface area contributed by atoms with Crippen molar-refractivity contribution in [1.29, 1.82) is 0 Å². The second kappa shape index (κ2) is 9.06. The van der Waals surface area contributed by atoms with E-state index in [0.29, 0.717) is 5.92 Å². The van der Waals surface area contributed by atoms with Crippen LogP contribution in [0.25, 0.3) is 0 Å². The maximum absolute atomic E-state index is 12.1. The van der Waals surface area contributed by atoms with Gasteiger partial charge in [-0.25, -0.2) is 4.79 Å². The number of amides is 2. The van der Waals surface area contributed by atoms with Crippen LogP contribution in [0.2, 0.25) is 0 Å². The van der Waals surface area contributed by atoms with E-state index in [2.05, 4.69) is 17.4 Å². The third-order valence-electron chi connectivity index (χ3n) is 4.12. The van der Waals surface area contributed by atoms with Crippen molar-refractivity contribution < 1.29 is 9.90 Å². The molecule has 0 spiro atoms. The zero-order valence-corrected chi connectivity index (χ0v) is 14.0. The van der Waals surface area contributed by atoms with Crippen molar-refractivity contribution >= 4 is 17.8 Å². The molecule has 0 aromatic heterocycles. The first-order chi connectivity index (χ1) is 10.7. The van der Waals surface area contributed by atoms with Gasteiger partial charge in [0, 0.05) is 24.5 Å². The van der Waals surface area contributed by atoms with Crippen LogP contribution < -0.4 is 5.32 Å². The van der Waals surface area contributed by atoms with E-state index in [1.165, 1.54) is 4.90 Å². The number of rotatable bonds is 6. The summed E-state index contributed by atoms with van der Waals surface area (Å²) in [6.07, 6.45) is 2.50. The minimum atomic E-state index is -0.264. The van der Waals surface area contributed by atoms with Gasteiger partial charge in [-0.2, -0.15) is 0 Å². The lowest BCUT2D eigenvalue weighted by Crippen LogP contribution is -2.46. The van der Waals surface area contributed by atoms with Gasteiger partial charge < -0.3 is 15.3 Å². The second-order valence-corrected chi connectivity index (χ2v) is 6.98. The Hall–Kier alpha value is -1.20. The molecule has 1 fully saturated rings. The van der Waals surface area contributed by atoms with Gasteiger partial charge in [-0.1, -0.05) is 18.2 Å². The molecule has 1 unspecified atom stereocenters. The molecule has 0 saturated carbocycles. The fraction of sp³-hybridized carbons (Fsp3) is 0.588. The van der Waals surface area contributed by atoms with Gasteiger partial charge in [-0.15, -0.1) is 11.8 Å². The number of hydrogen-bond acceptors (Lipinski definition) is 3. The summed E-state index contributed by atoms with van der Waals surface area (Å²) in [5.74, 6) is 1.35. The molecule has 1 aromatic rings. The quantitative estimate of drug-likeness (QED) is 0.625. The van der Waals surface area contributed by atoms with E-state index in [1.54, 1.807) is 0 Å². The number of nitrogens with one attached hydrogen (secondary N) is 1. The minimum absolute atomic E-state index is 0.0359. The standard InChI is InChI=1S/C17H26N2O2S/c1-14(20)15-8-11-19(12-9-15)17(21)18-10-5-13-22-16-6-3-2-4-7-16/h2-4,6-7,14-15,20H,5,8-13H2,1H3,(H,18,21). The Bertz CT molecular complexity index is 445. The molecule has 2 N–H and O–H groups in total. The smallest absolute Gasteiger partial charge is 0.317 e. The van der Waals surface area contributed by atoms with Crippen LogP contribution in [0.1, 0.15) is 26.2 Å². The van der Waals surface area contributed by atoms with Crippen LogP contribution in [0.5, 0.6) is 0 Å². The predicted molar refractivity (Wildman–Crippen MR) is 91.2 cm³/mol. The number of benzene rings is 1. The fourth-order valence-corrected chi connectivity index (χ4v) is 3.54. The first-order valence-electron chi connectivity index (χ1n) is 8.05. The molecule has 2 amide bonds. The number of hydrogen-bond donors (Lipinski definition) is 2. The zero-order chi connectivity index (χ0) is 15.8. The van der Waals surface area contributed by atoms with Gasteiger partial charge in [-0.05, 0) is 50.0 Å². The molecule has 1 atom stereocenters. The molecule has 1 saturated heterocycles. The van der Waals surface area contributed by atoms with E-state index in [4.69, 9.17) is 0 Å². The number of thioether (sulfide) groups is 1. The van der Waals surface area contributed by atoms with Crippen molar-refractivity contribution in [2.24, 2.45) is 5.92 Å². The molecule has 2 rings (SSSR count). The molecule has 1 aromatic carbocycles. The summed E-state index contributed by atoms with van der Waals surface area (Å²) in [5, 5.41) is 12.6. The highest BCUT2D eigenvalue weighted by Gasteiger charge is 2.24. The van der Waals surface area contributed by atoms with Crippen LogP contribution >= 0.6 is 11.8 Å². The molecule has 1 aliphatic heterocycles. The summed E-state index contributed by atoms with van der Waals surface area (Å²) in [5.41, 5.74) is 0. The van der Waals surface area contributed by atoms with Gasteiger partial charge in [0.25, 0.3) is 0 Å². The Balaban J connectivity index is 1.56. The Morgan fingerprint density at radius 3 is 2.68 bits per heavy atom. The van der Waals surface area contributed by atoms with Crippen LogP contribution in [0.3, 0.4) is 0 Å². The normalized spacial score (nSPS) is 17.3. The van der Waals surface area contributed by atoms with Gasteiger partial charge >= 0.3 is 6.03 Å². The van der Waals surface area contributed by atoms with Crippen molar-refractivity contribution in [3.05, 3.63) is 30.3 Å². The Kier molecular flexibility index (Phi) is 7.06. The van der Waals surface area contributed by atoms with E-state index in [-0.39, 0.29) is 12.1 Å². The third kappa shape index (κ3) is 5.54. The summed E-state index contributed by atoms with van der Waals surface area (Å²) >= 11 is 1.82. The number of nitrogens with zero attached hydrogens (tertiary/aromatic N) is 1. The number of piperidine rings is 1. The number of likely N-dealkylation sites (tertiary alicyclic amines) is 1. The van der Waals surface area contributed by atoms with Crippen LogP contribution in [0.4, 0.5) is 4.79 Å². The Morgan fingerprint density at radius 1 is 1.36 bits per heavy atom. The number of aliphatic hydroxyl groups is 1. The predicted octanol–water partition coefficient (Wildman–Crippen LogP) is 2.97. The number of urea groups is 1. The highest BCUT2D eigenvalue weighted by Crippen LogP contribution is 2.20. The molecule has 122 valence electrons. The lowest BCUT2D eigenvalue weighted by Gasteiger charge is -2.33. The summed E-state index contributed by atoms with van der Waals surface area (Å²) in [6.45, 7) is 4.06. The van der Waals surface area contributed by atoms with E-state index < -0.39 is 0 Å². The second-order valence-electron chi connectivity index (χ2n) is 5.81. The SMILES string of the molecule is CC(O)C1CCN(C(=O)NCCCSc2ccccc2)CC1. The van der Waals surface area contributed by atoms with Crippen molar-refractivity contribution in [3.63, 3.8) is 0 Å². The van der Waals surface area contributed by atoms with Crippen LogP contribution in [0, 0.1) is 5.92 Å². The molecule has 0 radical (unpaired) electrons. The third-order valence-corrected chi connectivity index (χ3v) is 5.22. The zero-order valence-electron chi connectivity index (χ0n) is 13.2. The maximum Gasteiger partial charge on any atom is 0.317 e. The summed E-state index contributed by atoms with van der Waals surface area (Å²) in [7, 11) is 0. The minimum Gasteiger partial charge on any atom is -0.393 e. The van der Waals surface area contributed by atoms with Crippen molar-refractivity contribution in [2.45, 2.75) is 37.2 Å². The fourth-order valence-electron chi connectivity index (χ4n) is 2.67. The van der Waals surface area contributed by atoms with E-state index in [9.17, 15) is 9.90 Å². The van der Waals surface area contributed by atoms with E-state index in [1.807, 2.05) is 41.8 Å². The molecular weight excluding hydrogens is 296 g/mol. The van der Waals surface area contributed by atoms with Crippen molar-refractivity contribution in [3.8, 4) is 0 Å². The molecular formula is C17H26N2O2S. The van der Waals surface area contributed by atoms with E-state index in [0.717, 1.165) is 44.6 Å². The topological polar surface area (TPSA) is 52.6 Å². The lowest BCUT2D eigenvalue weighted by atomic mass is 9.92. The van der Waals surface area contributed by atoms with Gasteiger partial charge in [0.15, 0.2) is 0 Å². The highest BCUT2D eigenvalue weighted by atomic mass is 32.2. The van der Waals surface area contributed by atoms with Crippen LogP contribution in [-0.4, -0.2) is 47.5 Å². The number of aliphatic hydroxyl groups excluding tert-OH is 1. The molecule has 0 aliphatic carbocycles. The van der Waals surface area contributed by atoms with Crippen molar-refractivity contribution in [2.75, 3.05) is 25.4 Å². The summed E-state index contributed by atoms with van der Waals surface area (Å²) in [4.78, 5) is 15.2. The number of carbonyl (C=O) groups excluding carboxylic acids is 1. The molecule has 22 heavy (non-hydrogen) atoms.